The molecule has 3 atom stereocenters. The fraction of sp³-hybridized carbons (Fsp3) is 0.409. The van der Waals surface area contributed by atoms with Crippen LogP contribution in [0.25, 0.3) is 0 Å². The summed E-state index contributed by atoms with van der Waals surface area (Å²) in [6.07, 6.45) is 3.33. The lowest BCUT2D eigenvalue weighted by Crippen LogP contribution is -2.34. The van der Waals surface area contributed by atoms with Gasteiger partial charge in [0.05, 0.1) is 12.6 Å². The minimum atomic E-state index is -0.523. The van der Waals surface area contributed by atoms with E-state index in [1.807, 2.05) is 24.4 Å². The standard InChI is InChI=1S/C22H26FNO4S/c1-15(16-4-6-19(23)7-5-16)24-22(26)20-12-18(17-8-11-29-14-17)13-21(28-20)27-10-3-2-9-25/h4-8,11-12,14-15,18,21,25H,2-3,9-10,13H2,1H3,(H,24,26)/t15-,18-,21+/m0/s1. The van der Waals surface area contributed by atoms with Gasteiger partial charge in [0.1, 0.15) is 5.82 Å². The van der Waals surface area contributed by atoms with E-state index in [9.17, 15) is 9.18 Å². The van der Waals surface area contributed by atoms with E-state index in [4.69, 9.17) is 14.6 Å². The molecule has 0 saturated heterocycles. The molecule has 2 N–H and O–H groups in total. The van der Waals surface area contributed by atoms with E-state index >= 15 is 0 Å². The summed E-state index contributed by atoms with van der Waals surface area (Å²) < 4.78 is 24.8. The number of carbonyl (C=O) groups is 1. The van der Waals surface area contributed by atoms with E-state index in [0.717, 1.165) is 17.5 Å². The van der Waals surface area contributed by atoms with Gasteiger partial charge < -0.3 is 19.9 Å². The van der Waals surface area contributed by atoms with Crippen LogP contribution in [0.2, 0.25) is 0 Å². The first-order chi connectivity index (χ1) is 14.1. The lowest BCUT2D eigenvalue weighted by molar-refractivity contribution is -0.146. The average Bonchev–Trinajstić information content (AvgIpc) is 3.26. The number of thiophene rings is 1. The third kappa shape index (κ3) is 6.13. The number of hydrogen-bond donors (Lipinski definition) is 2. The largest absolute Gasteiger partial charge is 0.459 e. The minimum Gasteiger partial charge on any atom is -0.459 e. The second kappa shape index (κ2) is 10.5. The van der Waals surface area contributed by atoms with Crippen molar-refractivity contribution in [1.29, 1.82) is 0 Å². The number of nitrogens with one attached hydrogen (secondary N) is 1. The second-order valence-electron chi connectivity index (χ2n) is 7.03. The number of amides is 1. The highest BCUT2D eigenvalue weighted by Crippen LogP contribution is 2.33. The molecule has 0 bridgehead atoms. The second-order valence-corrected chi connectivity index (χ2v) is 7.81. The summed E-state index contributed by atoms with van der Waals surface area (Å²) in [4.78, 5) is 12.8. The minimum absolute atomic E-state index is 0.0275. The van der Waals surface area contributed by atoms with Crippen LogP contribution in [0.4, 0.5) is 4.39 Å². The molecule has 0 spiro atoms. The molecule has 29 heavy (non-hydrogen) atoms. The van der Waals surface area contributed by atoms with Crippen molar-refractivity contribution in [2.75, 3.05) is 13.2 Å². The van der Waals surface area contributed by atoms with E-state index in [1.54, 1.807) is 23.5 Å². The maximum absolute atomic E-state index is 13.1. The monoisotopic (exact) mass is 419 g/mol. The molecule has 0 unspecified atom stereocenters. The Morgan fingerprint density at radius 3 is 2.83 bits per heavy atom. The molecule has 156 valence electrons. The quantitative estimate of drug-likeness (QED) is 0.596. The lowest BCUT2D eigenvalue weighted by Gasteiger charge is -2.29. The lowest BCUT2D eigenvalue weighted by atomic mass is 9.95. The van der Waals surface area contributed by atoms with Gasteiger partial charge >= 0.3 is 0 Å². The molecule has 1 aromatic carbocycles. The highest BCUT2D eigenvalue weighted by atomic mass is 32.1. The fourth-order valence-electron chi connectivity index (χ4n) is 3.17. The normalized spacial score (nSPS) is 19.9. The van der Waals surface area contributed by atoms with Gasteiger partial charge in [-0.25, -0.2) is 4.39 Å². The van der Waals surface area contributed by atoms with Crippen LogP contribution < -0.4 is 5.32 Å². The van der Waals surface area contributed by atoms with Gasteiger partial charge in [0, 0.05) is 18.9 Å². The van der Waals surface area contributed by atoms with Gasteiger partial charge in [-0.3, -0.25) is 4.79 Å². The highest BCUT2D eigenvalue weighted by molar-refractivity contribution is 7.08. The summed E-state index contributed by atoms with van der Waals surface area (Å²) in [6.45, 7) is 2.43. The van der Waals surface area contributed by atoms with E-state index in [2.05, 4.69) is 10.7 Å². The topological polar surface area (TPSA) is 67.8 Å². The van der Waals surface area contributed by atoms with Crippen LogP contribution in [-0.2, 0) is 14.3 Å². The SMILES string of the molecule is C[C@H](NC(=O)C1=C[C@H](c2ccsc2)C[C@H](OCCCCO)O1)c1ccc(F)cc1. The van der Waals surface area contributed by atoms with Crippen molar-refractivity contribution in [2.24, 2.45) is 0 Å². The van der Waals surface area contributed by atoms with Crippen LogP contribution in [0.1, 0.15) is 49.3 Å². The van der Waals surface area contributed by atoms with Gasteiger partial charge in [-0.2, -0.15) is 11.3 Å². The summed E-state index contributed by atoms with van der Waals surface area (Å²) in [7, 11) is 0. The average molecular weight is 420 g/mol. The molecule has 0 saturated carbocycles. The molecule has 2 aromatic rings. The Hall–Kier alpha value is -2.22. The third-order valence-electron chi connectivity index (χ3n) is 4.83. The molecule has 1 aromatic heterocycles. The highest BCUT2D eigenvalue weighted by Gasteiger charge is 2.29. The summed E-state index contributed by atoms with van der Waals surface area (Å²) in [5, 5.41) is 15.9. The Kier molecular flexibility index (Phi) is 7.80. The van der Waals surface area contributed by atoms with Crippen molar-refractivity contribution < 1.29 is 23.8 Å². The number of aliphatic hydroxyl groups is 1. The van der Waals surface area contributed by atoms with E-state index < -0.39 is 6.29 Å². The Morgan fingerprint density at radius 1 is 1.34 bits per heavy atom. The number of carbonyl (C=O) groups excluding carboxylic acids is 1. The molecule has 1 aliphatic rings. The number of hydrogen-bond acceptors (Lipinski definition) is 5. The Balaban J connectivity index is 1.68. The number of allylic oxidation sites excluding steroid dienone is 1. The van der Waals surface area contributed by atoms with Crippen LogP contribution in [0.3, 0.4) is 0 Å². The Bertz CT molecular complexity index is 807. The maximum Gasteiger partial charge on any atom is 0.286 e. The third-order valence-corrected chi connectivity index (χ3v) is 5.53. The van der Waals surface area contributed by atoms with Gasteiger partial charge in [-0.15, -0.1) is 0 Å². The van der Waals surface area contributed by atoms with Gasteiger partial charge in [0.25, 0.3) is 5.91 Å². The zero-order valence-electron chi connectivity index (χ0n) is 16.3. The van der Waals surface area contributed by atoms with Crippen molar-refractivity contribution >= 4 is 17.2 Å². The molecule has 0 radical (unpaired) electrons. The maximum atomic E-state index is 13.1. The van der Waals surface area contributed by atoms with Crippen molar-refractivity contribution in [3.63, 3.8) is 0 Å². The van der Waals surface area contributed by atoms with Crippen LogP contribution in [0.5, 0.6) is 0 Å². The van der Waals surface area contributed by atoms with Gasteiger partial charge in [-0.1, -0.05) is 12.1 Å². The molecule has 1 aliphatic heterocycles. The van der Waals surface area contributed by atoms with Crippen LogP contribution in [-0.4, -0.2) is 30.5 Å². The Morgan fingerprint density at radius 2 is 2.14 bits per heavy atom. The molecule has 1 amide bonds. The van der Waals surface area contributed by atoms with Gasteiger partial charge in [-0.05, 0) is 65.9 Å². The van der Waals surface area contributed by atoms with Crippen molar-refractivity contribution in [2.45, 2.75) is 44.4 Å². The smallest absolute Gasteiger partial charge is 0.286 e. The van der Waals surface area contributed by atoms with Gasteiger partial charge in [0.15, 0.2) is 5.76 Å². The fourth-order valence-corrected chi connectivity index (χ4v) is 3.89. The van der Waals surface area contributed by atoms with Crippen LogP contribution in [0.15, 0.2) is 52.9 Å². The molecular formula is C22H26FNO4S. The van der Waals surface area contributed by atoms with Crippen molar-refractivity contribution in [3.8, 4) is 0 Å². The predicted molar refractivity (Wildman–Crippen MR) is 110 cm³/mol. The number of aliphatic hydroxyl groups excluding tert-OH is 1. The zero-order valence-corrected chi connectivity index (χ0v) is 17.2. The summed E-state index contributed by atoms with van der Waals surface area (Å²) in [6, 6.07) is 7.79. The first-order valence-electron chi connectivity index (χ1n) is 9.76. The van der Waals surface area contributed by atoms with Crippen molar-refractivity contribution in [1.82, 2.24) is 5.32 Å². The molecule has 7 heteroatoms. The van der Waals surface area contributed by atoms with Crippen LogP contribution in [0, 0.1) is 5.82 Å². The zero-order chi connectivity index (χ0) is 20.6. The molecule has 0 fully saturated rings. The number of benzene rings is 1. The molecule has 0 aliphatic carbocycles. The predicted octanol–water partition coefficient (Wildman–Crippen LogP) is 4.27. The molecule has 5 nitrogen and oxygen atoms in total. The summed E-state index contributed by atoms with van der Waals surface area (Å²) in [5.41, 5.74) is 1.93. The summed E-state index contributed by atoms with van der Waals surface area (Å²) in [5.74, 6) is -0.385. The van der Waals surface area contributed by atoms with E-state index in [0.29, 0.717) is 19.4 Å². The first kappa shape index (κ1) is 21.5. The summed E-state index contributed by atoms with van der Waals surface area (Å²) >= 11 is 1.61. The van der Waals surface area contributed by atoms with E-state index in [1.165, 1.54) is 12.1 Å². The number of unbranched alkanes of at least 4 members (excludes halogenated alkanes) is 1. The number of ether oxygens (including phenoxy) is 2. The Labute approximate surface area is 174 Å². The first-order valence-corrected chi connectivity index (χ1v) is 10.7. The number of halogens is 1. The van der Waals surface area contributed by atoms with E-state index in [-0.39, 0.29) is 36.1 Å². The molecular weight excluding hydrogens is 393 g/mol. The van der Waals surface area contributed by atoms with Gasteiger partial charge in [0.2, 0.25) is 6.29 Å². The van der Waals surface area contributed by atoms with Crippen molar-refractivity contribution in [3.05, 3.63) is 69.9 Å². The molecule has 3 rings (SSSR count). The number of rotatable bonds is 9. The molecule has 2 heterocycles. The van der Waals surface area contributed by atoms with Crippen LogP contribution >= 0.6 is 11.3 Å².